The van der Waals surface area contributed by atoms with Gasteiger partial charge in [-0.15, -0.1) is 11.3 Å². The van der Waals surface area contributed by atoms with Gasteiger partial charge in [0, 0.05) is 35.9 Å². The molecule has 1 aliphatic rings. The van der Waals surface area contributed by atoms with E-state index in [9.17, 15) is 14.7 Å². The molecule has 1 amide bonds. The van der Waals surface area contributed by atoms with Gasteiger partial charge in [-0.3, -0.25) is 9.59 Å². The molecule has 1 saturated heterocycles. The molecule has 0 spiro atoms. The number of likely N-dealkylation sites (tertiary alicyclic amines) is 1. The molecule has 0 radical (unpaired) electrons. The molecule has 1 aromatic carbocycles. The number of methoxy groups -OCH3 is 1. The van der Waals surface area contributed by atoms with Gasteiger partial charge in [-0.1, -0.05) is 17.7 Å². The molecule has 7 nitrogen and oxygen atoms in total. The fraction of sp³-hybridized carbons (Fsp3) is 0.227. The number of aliphatic hydroxyl groups is 1. The van der Waals surface area contributed by atoms with Crippen molar-refractivity contribution >= 4 is 40.4 Å². The van der Waals surface area contributed by atoms with Crippen LogP contribution in [0.5, 0.6) is 5.75 Å². The summed E-state index contributed by atoms with van der Waals surface area (Å²) in [4.78, 5) is 32.2. The molecule has 31 heavy (non-hydrogen) atoms. The summed E-state index contributed by atoms with van der Waals surface area (Å²) in [5.74, 6) is -1.12. The minimum Gasteiger partial charge on any atom is -0.507 e. The summed E-state index contributed by atoms with van der Waals surface area (Å²) in [5.41, 5.74) is 0.417. The normalized spacial score (nSPS) is 18.0. The van der Waals surface area contributed by atoms with Gasteiger partial charge in [0.2, 0.25) is 0 Å². The van der Waals surface area contributed by atoms with Crippen molar-refractivity contribution in [1.82, 2.24) is 14.5 Å². The number of ketones is 1. The second kappa shape index (κ2) is 8.95. The van der Waals surface area contributed by atoms with Gasteiger partial charge in [0.05, 0.1) is 30.1 Å². The van der Waals surface area contributed by atoms with Crippen molar-refractivity contribution in [3.63, 3.8) is 0 Å². The van der Waals surface area contributed by atoms with Crippen LogP contribution in [-0.2, 0) is 16.1 Å². The molecule has 1 aliphatic heterocycles. The highest BCUT2D eigenvalue weighted by atomic mass is 35.5. The Morgan fingerprint density at radius 1 is 1.29 bits per heavy atom. The molecule has 2 aromatic heterocycles. The van der Waals surface area contributed by atoms with Crippen LogP contribution in [0.1, 0.15) is 22.9 Å². The Morgan fingerprint density at radius 3 is 2.77 bits per heavy atom. The monoisotopic (exact) mass is 457 g/mol. The Balaban J connectivity index is 1.70. The van der Waals surface area contributed by atoms with Gasteiger partial charge in [0.15, 0.2) is 0 Å². The highest BCUT2D eigenvalue weighted by molar-refractivity contribution is 7.10. The number of imidazole rings is 1. The summed E-state index contributed by atoms with van der Waals surface area (Å²) < 4.78 is 7.06. The second-order valence-electron chi connectivity index (χ2n) is 7.01. The Labute approximate surface area is 188 Å². The quantitative estimate of drug-likeness (QED) is 0.328. The maximum atomic E-state index is 13.0. The molecule has 0 saturated carbocycles. The van der Waals surface area contributed by atoms with Gasteiger partial charge < -0.3 is 19.3 Å². The van der Waals surface area contributed by atoms with Gasteiger partial charge in [-0.25, -0.2) is 4.98 Å². The third-order valence-corrected chi connectivity index (χ3v) is 6.37. The van der Waals surface area contributed by atoms with E-state index in [1.54, 1.807) is 24.7 Å². The Kier molecular flexibility index (Phi) is 6.11. The first kappa shape index (κ1) is 21.1. The minimum absolute atomic E-state index is 0.0660. The number of aliphatic hydroxyl groups excluding tert-OH is 1. The van der Waals surface area contributed by atoms with Crippen molar-refractivity contribution in [3.05, 3.63) is 75.5 Å². The molecule has 1 unspecified atom stereocenters. The zero-order valence-corrected chi connectivity index (χ0v) is 18.3. The summed E-state index contributed by atoms with van der Waals surface area (Å²) in [6.45, 7) is 1.03. The number of halogens is 1. The Morgan fingerprint density at radius 2 is 2.13 bits per heavy atom. The first-order valence-corrected chi connectivity index (χ1v) is 10.9. The standard InChI is InChI=1S/C22H20ClN3O4S/c1-30-16-6-5-14(12-15(16)23)20(27)18-19(17-4-2-11-31-17)26(22(29)21(18)28)9-3-8-25-10-7-24-13-25/h2,4-7,10-13,19,27H,3,8-9H2,1H3/b20-18+. The van der Waals surface area contributed by atoms with Crippen LogP contribution in [0.4, 0.5) is 0 Å². The molecule has 9 heteroatoms. The number of benzene rings is 1. The second-order valence-corrected chi connectivity index (χ2v) is 8.40. The third kappa shape index (κ3) is 4.08. The van der Waals surface area contributed by atoms with Crippen LogP contribution in [0.3, 0.4) is 0 Å². The van der Waals surface area contributed by atoms with Gasteiger partial charge in [0.25, 0.3) is 11.7 Å². The number of hydrogen-bond acceptors (Lipinski definition) is 6. The molecule has 4 rings (SSSR count). The average molecular weight is 458 g/mol. The van der Waals surface area contributed by atoms with Crippen molar-refractivity contribution in [2.24, 2.45) is 0 Å². The molecule has 1 atom stereocenters. The molecule has 0 bridgehead atoms. The van der Waals surface area contributed by atoms with E-state index in [0.717, 1.165) is 4.88 Å². The van der Waals surface area contributed by atoms with E-state index in [4.69, 9.17) is 16.3 Å². The first-order chi connectivity index (χ1) is 15.0. The van der Waals surface area contributed by atoms with Crippen molar-refractivity contribution < 1.29 is 19.4 Å². The van der Waals surface area contributed by atoms with Crippen LogP contribution in [0.15, 0.2) is 60.0 Å². The molecular weight excluding hydrogens is 438 g/mol. The Bertz CT molecular complexity index is 1130. The number of aryl methyl sites for hydroxylation is 1. The average Bonchev–Trinajstić information content (AvgIpc) is 3.52. The van der Waals surface area contributed by atoms with E-state index in [1.165, 1.54) is 29.4 Å². The Hall–Kier alpha value is -3.10. The zero-order chi connectivity index (χ0) is 22.0. The van der Waals surface area contributed by atoms with Crippen LogP contribution in [0, 0.1) is 0 Å². The highest BCUT2D eigenvalue weighted by Gasteiger charge is 2.46. The van der Waals surface area contributed by atoms with Crippen LogP contribution >= 0.6 is 22.9 Å². The molecule has 3 aromatic rings. The summed E-state index contributed by atoms with van der Waals surface area (Å²) in [7, 11) is 1.49. The van der Waals surface area contributed by atoms with E-state index < -0.39 is 17.7 Å². The van der Waals surface area contributed by atoms with Crippen molar-refractivity contribution in [2.75, 3.05) is 13.7 Å². The van der Waals surface area contributed by atoms with Crippen molar-refractivity contribution in [2.45, 2.75) is 19.0 Å². The molecule has 1 N–H and O–H groups in total. The number of ether oxygens (including phenoxy) is 1. The largest absolute Gasteiger partial charge is 0.507 e. The maximum absolute atomic E-state index is 13.0. The number of thiophene rings is 1. The van der Waals surface area contributed by atoms with Crippen molar-refractivity contribution in [1.29, 1.82) is 0 Å². The van der Waals surface area contributed by atoms with Crippen LogP contribution in [-0.4, -0.2) is 44.9 Å². The number of carbonyl (C=O) groups is 2. The minimum atomic E-state index is -0.703. The fourth-order valence-corrected chi connectivity index (χ4v) is 4.77. The summed E-state index contributed by atoms with van der Waals surface area (Å²) in [6.07, 6.45) is 5.88. The van der Waals surface area contributed by atoms with E-state index in [1.807, 2.05) is 28.3 Å². The third-order valence-electron chi connectivity index (χ3n) is 5.15. The maximum Gasteiger partial charge on any atom is 0.295 e. The van der Waals surface area contributed by atoms with E-state index in [2.05, 4.69) is 4.98 Å². The van der Waals surface area contributed by atoms with Gasteiger partial charge >= 0.3 is 0 Å². The van der Waals surface area contributed by atoms with Crippen LogP contribution < -0.4 is 4.74 Å². The molecule has 1 fully saturated rings. The molecule has 0 aliphatic carbocycles. The van der Waals surface area contributed by atoms with E-state index >= 15 is 0 Å². The number of rotatable bonds is 7. The topological polar surface area (TPSA) is 84.7 Å². The van der Waals surface area contributed by atoms with Crippen LogP contribution in [0.2, 0.25) is 5.02 Å². The van der Waals surface area contributed by atoms with Gasteiger partial charge in [-0.05, 0) is 36.1 Å². The van der Waals surface area contributed by atoms with E-state index in [0.29, 0.717) is 35.8 Å². The number of amides is 1. The SMILES string of the molecule is COc1ccc(/C(O)=C2\C(=O)C(=O)N(CCCn3ccnc3)C2c2cccs2)cc1Cl. The number of Topliss-reactive ketones (excluding diaryl/α,β-unsaturated/α-hetero) is 1. The summed E-state index contributed by atoms with van der Waals surface area (Å²) in [5, 5.41) is 13.2. The van der Waals surface area contributed by atoms with E-state index in [-0.39, 0.29) is 11.3 Å². The zero-order valence-electron chi connectivity index (χ0n) is 16.7. The number of aromatic nitrogens is 2. The summed E-state index contributed by atoms with van der Waals surface area (Å²) >= 11 is 7.63. The van der Waals surface area contributed by atoms with Gasteiger partial charge in [0.1, 0.15) is 11.5 Å². The predicted molar refractivity (Wildman–Crippen MR) is 118 cm³/mol. The number of hydrogen-bond donors (Lipinski definition) is 1. The highest BCUT2D eigenvalue weighted by Crippen LogP contribution is 2.41. The molecule has 160 valence electrons. The van der Waals surface area contributed by atoms with Gasteiger partial charge in [-0.2, -0.15) is 0 Å². The fourth-order valence-electron chi connectivity index (χ4n) is 3.67. The smallest absolute Gasteiger partial charge is 0.295 e. The van der Waals surface area contributed by atoms with Crippen molar-refractivity contribution in [3.8, 4) is 5.75 Å². The number of nitrogens with zero attached hydrogens (tertiary/aromatic N) is 3. The lowest BCUT2D eigenvalue weighted by Gasteiger charge is -2.24. The molecule has 3 heterocycles. The first-order valence-electron chi connectivity index (χ1n) is 9.62. The lowest BCUT2D eigenvalue weighted by molar-refractivity contribution is -0.139. The lowest BCUT2D eigenvalue weighted by Crippen LogP contribution is -2.31. The summed E-state index contributed by atoms with van der Waals surface area (Å²) in [6, 6.07) is 7.81. The molecular formula is C22H20ClN3O4S. The lowest BCUT2D eigenvalue weighted by atomic mass is 9.99. The predicted octanol–water partition coefficient (Wildman–Crippen LogP) is 4.12. The number of carbonyl (C=O) groups excluding carboxylic acids is 2. The van der Waals surface area contributed by atoms with Crippen LogP contribution in [0.25, 0.3) is 5.76 Å².